The van der Waals surface area contributed by atoms with Crippen LogP contribution in [0, 0.1) is 11.3 Å². The number of allylic oxidation sites excluding steroid dienone is 1. The van der Waals surface area contributed by atoms with Gasteiger partial charge in [-0.2, -0.15) is 10.3 Å². The van der Waals surface area contributed by atoms with Crippen LogP contribution in [0.15, 0.2) is 88.2 Å². The van der Waals surface area contributed by atoms with Crippen LogP contribution < -0.4 is 0 Å². The Bertz CT molecular complexity index is 1160. The summed E-state index contributed by atoms with van der Waals surface area (Å²) in [4.78, 5) is 4.29. The molecule has 3 aromatic rings. The summed E-state index contributed by atoms with van der Waals surface area (Å²) in [5.74, 6) is 3.17. The van der Waals surface area contributed by atoms with Crippen LogP contribution >= 0.6 is 0 Å². The van der Waals surface area contributed by atoms with E-state index in [1.54, 1.807) is 19.9 Å². The molecule has 5 nitrogen and oxygen atoms in total. The first-order valence-corrected chi connectivity index (χ1v) is 9.12. The van der Waals surface area contributed by atoms with Crippen molar-refractivity contribution in [1.29, 1.82) is 5.26 Å². The van der Waals surface area contributed by atoms with Gasteiger partial charge < -0.3 is 13.9 Å². The maximum absolute atomic E-state index is 9.87. The third kappa shape index (κ3) is 3.84. The van der Waals surface area contributed by atoms with Crippen molar-refractivity contribution in [3.05, 3.63) is 84.3 Å². The maximum atomic E-state index is 9.87. The first kappa shape index (κ1) is 18.4. The molecule has 0 radical (unpaired) electrons. The number of nitrogens with zero attached hydrogens (tertiary/aromatic N) is 2. The van der Waals surface area contributed by atoms with Crippen molar-refractivity contribution < 1.29 is 13.9 Å². The van der Waals surface area contributed by atoms with E-state index in [9.17, 15) is 5.26 Å². The summed E-state index contributed by atoms with van der Waals surface area (Å²) in [5.41, 5.74) is 2.79. The van der Waals surface area contributed by atoms with E-state index >= 15 is 0 Å². The molecule has 0 saturated heterocycles. The van der Waals surface area contributed by atoms with E-state index in [4.69, 9.17) is 13.9 Å². The van der Waals surface area contributed by atoms with E-state index in [1.165, 1.54) is 6.26 Å². The highest BCUT2D eigenvalue weighted by atomic mass is 16.7. The van der Waals surface area contributed by atoms with Gasteiger partial charge in [0.15, 0.2) is 5.76 Å². The predicted octanol–water partition coefficient (Wildman–Crippen LogP) is 5.97. The molecule has 1 aliphatic heterocycles. The lowest BCUT2D eigenvalue weighted by molar-refractivity contribution is -0.159. The second-order valence-electron chi connectivity index (χ2n) is 6.84. The van der Waals surface area contributed by atoms with E-state index < -0.39 is 5.79 Å². The van der Waals surface area contributed by atoms with Gasteiger partial charge in [0.05, 0.1) is 6.26 Å². The molecule has 1 aliphatic rings. The van der Waals surface area contributed by atoms with Crippen LogP contribution in [0.3, 0.4) is 0 Å². The van der Waals surface area contributed by atoms with Crippen LogP contribution in [-0.4, -0.2) is 11.7 Å². The van der Waals surface area contributed by atoms with Crippen molar-refractivity contribution in [2.24, 2.45) is 4.99 Å². The lowest BCUT2D eigenvalue weighted by Gasteiger charge is -2.27. The molecule has 0 aliphatic carbocycles. The van der Waals surface area contributed by atoms with Crippen molar-refractivity contribution in [1.82, 2.24) is 0 Å². The number of furan rings is 1. The highest BCUT2D eigenvalue weighted by molar-refractivity contribution is 5.88. The van der Waals surface area contributed by atoms with Crippen LogP contribution in [0.2, 0.25) is 0 Å². The zero-order chi connectivity index (χ0) is 20.3. The van der Waals surface area contributed by atoms with Gasteiger partial charge in [-0.3, -0.25) is 0 Å². The highest BCUT2D eigenvalue weighted by Crippen LogP contribution is 2.42. The van der Waals surface area contributed by atoms with E-state index in [0.717, 1.165) is 11.1 Å². The third-order valence-corrected chi connectivity index (χ3v) is 4.29. The smallest absolute Gasteiger partial charge is 0.246 e. The molecule has 4 rings (SSSR count). The average molecular weight is 382 g/mol. The van der Waals surface area contributed by atoms with Crippen LogP contribution in [0.4, 0.5) is 5.88 Å². The molecule has 1 aromatic heterocycles. The Morgan fingerprint density at radius 3 is 2.21 bits per heavy atom. The Balaban J connectivity index is 1.89. The number of hydrogen-bond donors (Lipinski definition) is 0. The summed E-state index contributed by atoms with van der Waals surface area (Å²) in [6.45, 7) is 3.57. The summed E-state index contributed by atoms with van der Waals surface area (Å²) in [6, 6.07) is 21.5. The van der Waals surface area contributed by atoms with Gasteiger partial charge in [-0.15, -0.1) is 0 Å². The molecule has 0 amide bonds. The minimum atomic E-state index is -0.807. The lowest BCUT2D eigenvalue weighted by Crippen LogP contribution is -2.28. The Morgan fingerprint density at radius 1 is 0.931 bits per heavy atom. The quantitative estimate of drug-likeness (QED) is 0.524. The molecule has 0 unspecified atom stereocenters. The van der Waals surface area contributed by atoms with Crippen molar-refractivity contribution in [2.45, 2.75) is 19.6 Å². The molecule has 0 bridgehead atoms. The number of aliphatic imine (C=N–C) groups is 1. The largest absolute Gasteiger partial charge is 0.460 e. The van der Waals surface area contributed by atoms with Crippen molar-refractivity contribution in [2.75, 3.05) is 0 Å². The zero-order valence-corrected chi connectivity index (χ0v) is 16.0. The van der Waals surface area contributed by atoms with Crippen LogP contribution in [0.1, 0.15) is 19.4 Å². The van der Waals surface area contributed by atoms with Crippen LogP contribution in [0.25, 0.3) is 22.5 Å². The molecular weight excluding hydrogens is 364 g/mol. The Kier molecular flexibility index (Phi) is 4.78. The van der Waals surface area contributed by atoms with Gasteiger partial charge in [0.2, 0.25) is 11.7 Å². The van der Waals surface area contributed by atoms with Gasteiger partial charge in [0.1, 0.15) is 17.4 Å². The molecule has 0 atom stereocenters. The molecule has 2 aromatic carbocycles. The van der Waals surface area contributed by atoms with E-state index in [2.05, 4.69) is 16.9 Å². The Hall–Kier alpha value is -4.00. The van der Waals surface area contributed by atoms with Gasteiger partial charge in [-0.05, 0) is 5.56 Å². The second kappa shape index (κ2) is 7.55. The number of ether oxygens (including phenoxy) is 2. The molecule has 142 valence electrons. The van der Waals surface area contributed by atoms with Crippen molar-refractivity contribution in [3.8, 4) is 28.5 Å². The third-order valence-electron chi connectivity index (χ3n) is 4.29. The SMILES string of the molecule is CC1(C)OC=CC(=C=Nc2oc(-c3ccccc3)c(-c3ccccc3)c2C#N)O1. The number of benzene rings is 2. The first-order chi connectivity index (χ1) is 14.1. The Morgan fingerprint density at radius 2 is 1.59 bits per heavy atom. The standard InChI is InChI=1S/C24H18N2O3/c1-24(2)27-14-13-19(29-24)16-26-23-20(15-25)21(17-9-5-3-6-10-17)22(28-23)18-11-7-4-8-12-18/h3-14H,1-2H3. The first-order valence-electron chi connectivity index (χ1n) is 9.12. The fourth-order valence-corrected chi connectivity index (χ4v) is 3.02. The minimum Gasteiger partial charge on any atom is -0.460 e. The summed E-state index contributed by atoms with van der Waals surface area (Å²) >= 11 is 0. The van der Waals surface area contributed by atoms with E-state index in [-0.39, 0.29) is 5.88 Å². The monoisotopic (exact) mass is 382 g/mol. The molecule has 0 N–H and O–H groups in total. The molecule has 0 spiro atoms. The molecule has 0 saturated carbocycles. The zero-order valence-electron chi connectivity index (χ0n) is 16.0. The fraction of sp³-hybridized carbons (Fsp3) is 0.125. The van der Waals surface area contributed by atoms with Crippen LogP contribution in [-0.2, 0) is 9.47 Å². The summed E-state index contributed by atoms with van der Waals surface area (Å²) in [7, 11) is 0. The van der Waals surface area contributed by atoms with Crippen LogP contribution in [0.5, 0.6) is 0 Å². The Labute approximate surface area is 168 Å². The summed E-state index contributed by atoms with van der Waals surface area (Å²) in [5, 5.41) is 9.87. The molecule has 5 heteroatoms. The van der Waals surface area contributed by atoms with Gasteiger partial charge in [-0.25, -0.2) is 0 Å². The van der Waals surface area contributed by atoms with Crippen molar-refractivity contribution >= 4 is 11.8 Å². The highest BCUT2D eigenvalue weighted by Gasteiger charge is 2.25. The number of hydrogen-bond acceptors (Lipinski definition) is 5. The molecule has 2 heterocycles. The van der Waals surface area contributed by atoms with E-state index in [0.29, 0.717) is 22.6 Å². The number of rotatable bonds is 3. The topological polar surface area (TPSA) is 67.8 Å². The van der Waals surface area contributed by atoms with Gasteiger partial charge in [0, 0.05) is 36.9 Å². The predicted molar refractivity (Wildman–Crippen MR) is 110 cm³/mol. The van der Waals surface area contributed by atoms with Crippen molar-refractivity contribution in [3.63, 3.8) is 0 Å². The van der Waals surface area contributed by atoms with Gasteiger partial charge in [0.25, 0.3) is 0 Å². The summed E-state index contributed by atoms with van der Waals surface area (Å²) < 4.78 is 17.0. The maximum Gasteiger partial charge on any atom is 0.246 e. The fourth-order valence-electron chi connectivity index (χ4n) is 3.02. The molecular formula is C24H18N2O3. The second-order valence-corrected chi connectivity index (χ2v) is 6.84. The van der Waals surface area contributed by atoms with Gasteiger partial charge in [-0.1, -0.05) is 60.7 Å². The lowest BCUT2D eigenvalue weighted by atomic mass is 9.98. The molecule has 29 heavy (non-hydrogen) atoms. The number of nitriles is 1. The van der Waals surface area contributed by atoms with E-state index in [1.807, 2.05) is 60.7 Å². The normalized spacial score (nSPS) is 14.3. The average Bonchev–Trinajstić information content (AvgIpc) is 3.11. The summed E-state index contributed by atoms with van der Waals surface area (Å²) in [6.07, 6.45) is 3.14. The minimum absolute atomic E-state index is 0.180. The molecule has 0 fully saturated rings. The van der Waals surface area contributed by atoms with Gasteiger partial charge >= 0.3 is 0 Å².